The second-order valence-corrected chi connectivity index (χ2v) is 10.8. The van der Waals surface area contributed by atoms with E-state index in [9.17, 15) is 4.79 Å². The summed E-state index contributed by atoms with van der Waals surface area (Å²) >= 11 is 0. The molecular formula is C31H38N4O3. The van der Waals surface area contributed by atoms with E-state index in [1.165, 1.54) is 29.3 Å². The van der Waals surface area contributed by atoms with E-state index in [-0.39, 0.29) is 12.6 Å². The number of hydrogen-bond acceptors (Lipinski definition) is 6. The van der Waals surface area contributed by atoms with Crippen LogP contribution in [0.2, 0.25) is 0 Å². The third kappa shape index (κ3) is 5.94. The van der Waals surface area contributed by atoms with Crippen molar-refractivity contribution in [2.45, 2.75) is 38.5 Å². The minimum atomic E-state index is 0.0819. The van der Waals surface area contributed by atoms with Crippen molar-refractivity contribution in [1.82, 2.24) is 9.88 Å². The zero-order valence-corrected chi connectivity index (χ0v) is 22.2. The maximum absolute atomic E-state index is 12.5. The molecule has 3 aliphatic rings. The van der Waals surface area contributed by atoms with Crippen LogP contribution >= 0.6 is 0 Å². The first kappa shape index (κ1) is 25.1. The van der Waals surface area contributed by atoms with Gasteiger partial charge in [0.25, 0.3) is 0 Å². The molecule has 7 heteroatoms. The van der Waals surface area contributed by atoms with Crippen molar-refractivity contribution in [3.63, 3.8) is 0 Å². The topological polar surface area (TPSA) is 58.1 Å². The summed E-state index contributed by atoms with van der Waals surface area (Å²) in [6, 6.07) is 19.2. The van der Waals surface area contributed by atoms with Gasteiger partial charge in [-0.1, -0.05) is 36.4 Å². The maximum atomic E-state index is 12.5. The van der Waals surface area contributed by atoms with Gasteiger partial charge in [0, 0.05) is 49.7 Å². The van der Waals surface area contributed by atoms with Crippen LogP contribution in [-0.4, -0.2) is 68.5 Å². The molecule has 0 radical (unpaired) electrons. The molecule has 1 saturated heterocycles. The average molecular weight is 515 g/mol. The standard InChI is InChI=1S/C31H38N4O3/c36-30-15-13-26-12-14-29(32-31(26)35(30)23-37-22-24-10-11-24)38-21-4-3-16-33-17-19-34(20-18-33)28-9-5-7-25-6-1-2-8-27(25)28/h1-2,5-9,12,14,24H,3-4,10-11,13,15-23H2. The minimum absolute atomic E-state index is 0.0819. The molecule has 3 aromatic rings. The number of rotatable bonds is 11. The van der Waals surface area contributed by atoms with E-state index in [2.05, 4.69) is 52.3 Å². The number of hydrogen-bond donors (Lipinski definition) is 0. The summed E-state index contributed by atoms with van der Waals surface area (Å²) < 4.78 is 11.8. The Morgan fingerprint density at radius 2 is 1.74 bits per heavy atom. The fourth-order valence-electron chi connectivity index (χ4n) is 5.50. The maximum Gasteiger partial charge on any atom is 0.230 e. The van der Waals surface area contributed by atoms with Crippen LogP contribution in [0.3, 0.4) is 0 Å². The number of amides is 1. The number of carbonyl (C=O) groups excluding carboxylic acids is 1. The molecule has 3 heterocycles. The summed E-state index contributed by atoms with van der Waals surface area (Å²) in [6.07, 6.45) is 5.80. The first-order chi connectivity index (χ1) is 18.7. The molecule has 0 atom stereocenters. The average Bonchev–Trinajstić information content (AvgIpc) is 3.79. The molecule has 38 heavy (non-hydrogen) atoms. The number of anilines is 2. The number of ether oxygens (including phenoxy) is 2. The molecule has 7 nitrogen and oxygen atoms in total. The van der Waals surface area contributed by atoms with Gasteiger partial charge in [-0.05, 0) is 67.6 Å². The zero-order chi connectivity index (χ0) is 25.7. The van der Waals surface area contributed by atoms with E-state index < -0.39 is 0 Å². The summed E-state index contributed by atoms with van der Waals surface area (Å²) in [5, 5.41) is 2.65. The smallest absolute Gasteiger partial charge is 0.230 e. The number of carbonyl (C=O) groups is 1. The van der Waals surface area contributed by atoms with Crippen molar-refractivity contribution in [2.24, 2.45) is 5.92 Å². The summed E-state index contributed by atoms with van der Waals surface area (Å²) in [6.45, 7) is 7.03. The Balaban J connectivity index is 0.939. The first-order valence-electron chi connectivity index (χ1n) is 14.2. The van der Waals surface area contributed by atoms with E-state index in [0.717, 1.165) is 64.2 Å². The second-order valence-electron chi connectivity index (χ2n) is 10.8. The van der Waals surface area contributed by atoms with Crippen LogP contribution in [0.1, 0.15) is 37.7 Å². The number of pyridine rings is 1. The Bertz CT molecular complexity index is 1250. The van der Waals surface area contributed by atoms with Gasteiger partial charge in [0.05, 0.1) is 13.2 Å². The summed E-state index contributed by atoms with van der Waals surface area (Å²) in [7, 11) is 0. The normalized spacial score (nSPS) is 18.2. The number of nitrogens with zero attached hydrogens (tertiary/aromatic N) is 4. The molecule has 1 aliphatic carbocycles. The van der Waals surface area contributed by atoms with Gasteiger partial charge >= 0.3 is 0 Å². The first-order valence-corrected chi connectivity index (χ1v) is 14.2. The molecule has 6 rings (SSSR count). The second kappa shape index (κ2) is 11.7. The van der Waals surface area contributed by atoms with Crippen LogP contribution in [0.15, 0.2) is 54.6 Å². The van der Waals surface area contributed by atoms with E-state index in [0.29, 0.717) is 30.6 Å². The van der Waals surface area contributed by atoms with Gasteiger partial charge in [-0.3, -0.25) is 14.6 Å². The monoisotopic (exact) mass is 514 g/mol. The third-order valence-corrected chi connectivity index (χ3v) is 7.96. The van der Waals surface area contributed by atoms with Crippen molar-refractivity contribution < 1.29 is 14.3 Å². The number of aryl methyl sites for hydroxylation is 1. The van der Waals surface area contributed by atoms with Crippen molar-refractivity contribution in [3.8, 4) is 5.88 Å². The Morgan fingerprint density at radius 3 is 2.61 bits per heavy atom. The lowest BCUT2D eigenvalue weighted by molar-refractivity contribution is -0.120. The third-order valence-electron chi connectivity index (χ3n) is 7.96. The highest BCUT2D eigenvalue weighted by Crippen LogP contribution is 2.31. The minimum Gasteiger partial charge on any atom is -0.478 e. The molecule has 0 bridgehead atoms. The zero-order valence-electron chi connectivity index (χ0n) is 22.2. The molecule has 200 valence electrons. The van der Waals surface area contributed by atoms with E-state index >= 15 is 0 Å². The predicted octanol–water partition coefficient (Wildman–Crippen LogP) is 4.88. The van der Waals surface area contributed by atoms with Crippen LogP contribution in [0.5, 0.6) is 5.88 Å². The van der Waals surface area contributed by atoms with Crippen LogP contribution in [0.4, 0.5) is 11.5 Å². The van der Waals surface area contributed by atoms with Crippen LogP contribution in [0, 0.1) is 5.92 Å². The Labute approximate surface area is 225 Å². The predicted molar refractivity (Wildman–Crippen MR) is 151 cm³/mol. The van der Waals surface area contributed by atoms with Crippen LogP contribution in [-0.2, 0) is 16.0 Å². The van der Waals surface area contributed by atoms with Gasteiger partial charge in [0.15, 0.2) is 0 Å². The molecule has 0 spiro atoms. The van der Waals surface area contributed by atoms with Gasteiger partial charge in [0.1, 0.15) is 12.5 Å². The Morgan fingerprint density at radius 1 is 0.895 bits per heavy atom. The molecule has 2 aromatic carbocycles. The van der Waals surface area contributed by atoms with Gasteiger partial charge in [-0.2, -0.15) is 4.98 Å². The van der Waals surface area contributed by atoms with Crippen molar-refractivity contribution >= 4 is 28.2 Å². The van der Waals surface area contributed by atoms with E-state index in [4.69, 9.17) is 14.5 Å². The molecule has 1 aromatic heterocycles. The lowest BCUT2D eigenvalue weighted by Crippen LogP contribution is -2.46. The number of aromatic nitrogens is 1. The lowest BCUT2D eigenvalue weighted by atomic mass is 10.1. The Kier molecular flexibility index (Phi) is 7.74. The Hall–Kier alpha value is -3.16. The molecule has 2 fully saturated rings. The molecular weight excluding hydrogens is 476 g/mol. The highest BCUT2D eigenvalue weighted by Gasteiger charge is 2.28. The number of piperazine rings is 1. The summed E-state index contributed by atoms with van der Waals surface area (Å²) in [4.78, 5) is 24.0. The lowest BCUT2D eigenvalue weighted by Gasteiger charge is -2.36. The molecule has 0 unspecified atom stereocenters. The number of fused-ring (bicyclic) bond motifs is 2. The summed E-state index contributed by atoms with van der Waals surface area (Å²) in [5.74, 6) is 2.05. The van der Waals surface area contributed by atoms with Crippen LogP contribution < -0.4 is 14.5 Å². The number of unbranched alkanes of at least 4 members (excludes halogenated alkanes) is 1. The highest BCUT2D eigenvalue weighted by atomic mass is 16.5. The quantitative estimate of drug-likeness (QED) is 0.340. The highest BCUT2D eigenvalue weighted by molar-refractivity contribution is 5.95. The largest absolute Gasteiger partial charge is 0.478 e. The van der Waals surface area contributed by atoms with Crippen molar-refractivity contribution in [3.05, 3.63) is 60.2 Å². The summed E-state index contributed by atoms with van der Waals surface area (Å²) in [5.41, 5.74) is 2.44. The van der Waals surface area contributed by atoms with Gasteiger partial charge in [0.2, 0.25) is 11.8 Å². The SMILES string of the molecule is O=C1CCc2ccc(OCCCCN3CCN(c4cccc5ccccc45)CC3)nc2N1COCC1CC1. The van der Waals surface area contributed by atoms with Crippen molar-refractivity contribution in [2.75, 3.05) is 62.5 Å². The fourth-order valence-corrected chi connectivity index (χ4v) is 5.50. The van der Waals surface area contributed by atoms with Gasteiger partial charge in [-0.15, -0.1) is 0 Å². The number of benzene rings is 2. The molecule has 0 N–H and O–H groups in total. The van der Waals surface area contributed by atoms with E-state index in [1.807, 2.05) is 12.1 Å². The molecule has 2 aliphatic heterocycles. The van der Waals surface area contributed by atoms with Crippen molar-refractivity contribution in [1.29, 1.82) is 0 Å². The van der Waals surface area contributed by atoms with Crippen LogP contribution in [0.25, 0.3) is 10.8 Å². The van der Waals surface area contributed by atoms with Gasteiger partial charge in [-0.25, -0.2) is 0 Å². The fraction of sp³-hybridized carbons (Fsp3) is 0.484. The van der Waals surface area contributed by atoms with Gasteiger partial charge < -0.3 is 14.4 Å². The molecule has 1 saturated carbocycles. The van der Waals surface area contributed by atoms with E-state index in [1.54, 1.807) is 4.90 Å². The molecule has 1 amide bonds.